The minimum atomic E-state index is 0.107. The molecule has 1 rings (SSSR count). The molecule has 0 saturated heterocycles. The van der Waals surface area contributed by atoms with Crippen molar-refractivity contribution in [3.05, 3.63) is 34.9 Å². The van der Waals surface area contributed by atoms with Crippen LogP contribution in [0.1, 0.15) is 37.9 Å². The number of unbranched alkanes of at least 4 members (excludes halogenated alkanes) is 2. The Hall–Kier alpha value is -0.0500. The minimum absolute atomic E-state index is 0.107. The molecule has 1 aromatic rings. The Kier molecular flexibility index (Phi) is 7.10. The van der Waals surface area contributed by atoms with Crippen molar-refractivity contribution < 1.29 is 4.74 Å². The fourth-order valence-corrected chi connectivity index (χ4v) is 2.27. The second-order valence-electron chi connectivity index (χ2n) is 3.78. The normalized spacial score (nSPS) is 12.7. The quantitative estimate of drug-likeness (QED) is 0.510. The Morgan fingerprint density at radius 3 is 2.81 bits per heavy atom. The molecule has 0 N–H and O–H groups in total. The zero-order valence-electron chi connectivity index (χ0n) is 9.59. The number of alkyl halides is 1. The highest BCUT2D eigenvalue weighted by Crippen LogP contribution is 2.23. The first-order valence-electron chi connectivity index (χ1n) is 5.71. The van der Waals surface area contributed by atoms with Gasteiger partial charge in [0, 0.05) is 17.0 Å². The van der Waals surface area contributed by atoms with Crippen LogP contribution in [0.4, 0.5) is 0 Å². The van der Waals surface area contributed by atoms with E-state index in [1.807, 2.05) is 18.2 Å². The van der Waals surface area contributed by atoms with E-state index in [-0.39, 0.29) is 6.10 Å². The second kappa shape index (κ2) is 8.10. The summed E-state index contributed by atoms with van der Waals surface area (Å²) in [6, 6.07) is 7.86. The highest BCUT2D eigenvalue weighted by Gasteiger charge is 2.10. The highest BCUT2D eigenvalue weighted by atomic mass is 79.9. The van der Waals surface area contributed by atoms with Crippen LogP contribution in [0.15, 0.2) is 24.3 Å². The largest absolute Gasteiger partial charge is 0.373 e. The van der Waals surface area contributed by atoms with E-state index < -0.39 is 0 Å². The van der Waals surface area contributed by atoms with E-state index in [4.69, 9.17) is 16.3 Å². The Labute approximate surface area is 111 Å². The van der Waals surface area contributed by atoms with E-state index in [2.05, 4.69) is 28.9 Å². The molecular formula is C13H18BrClO. The lowest BCUT2D eigenvalue weighted by atomic mass is 10.1. The molecule has 0 aliphatic rings. The molecule has 1 nitrogen and oxygen atoms in total. The molecule has 0 radical (unpaired) electrons. The molecular weight excluding hydrogens is 287 g/mol. The SMILES string of the molecule is CCCCCOC(CBr)c1cccc(Cl)c1. The van der Waals surface area contributed by atoms with Gasteiger partial charge in [0.2, 0.25) is 0 Å². The van der Waals surface area contributed by atoms with E-state index >= 15 is 0 Å². The molecule has 0 aliphatic carbocycles. The second-order valence-corrected chi connectivity index (χ2v) is 4.86. The molecule has 90 valence electrons. The van der Waals surface area contributed by atoms with Gasteiger partial charge in [-0.05, 0) is 24.1 Å². The average Bonchev–Trinajstić information content (AvgIpc) is 2.29. The van der Waals surface area contributed by atoms with Gasteiger partial charge in [0.1, 0.15) is 0 Å². The number of benzene rings is 1. The summed E-state index contributed by atoms with van der Waals surface area (Å²) in [7, 11) is 0. The van der Waals surface area contributed by atoms with E-state index in [0.29, 0.717) is 0 Å². The van der Waals surface area contributed by atoms with Crippen molar-refractivity contribution >= 4 is 27.5 Å². The van der Waals surface area contributed by atoms with Gasteiger partial charge >= 0.3 is 0 Å². The van der Waals surface area contributed by atoms with Crippen molar-refractivity contribution in [2.45, 2.75) is 32.3 Å². The van der Waals surface area contributed by atoms with E-state index in [1.165, 1.54) is 12.8 Å². The summed E-state index contributed by atoms with van der Waals surface area (Å²) in [5.74, 6) is 0. The van der Waals surface area contributed by atoms with Crippen LogP contribution < -0.4 is 0 Å². The topological polar surface area (TPSA) is 9.23 Å². The van der Waals surface area contributed by atoms with E-state index in [9.17, 15) is 0 Å². The molecule has 0 spiro atoms. The van der Waals surface area contributed by atoms with Crippen LogP contribution >= 0.6 is 27.5 Å². The van der Waals surface area contributed by atoms with E-state index in [0.717, 1.165) is 28.9 Å². The first-order chi connectivity index (χ1) is 7.77. The molecule has 1 unspecified atom stereocenters. The molecule has 16 heavy (non-hydrogen) atoms. The molecule has 0 amide bonds. The Morgan fingerprint density at radius 2 is 2.19 bits per heavy atom. The zero-order valence-corrected chi connectivity index (χ0v) is 11.9. The van der Waals surface area contributed by atoms with Crippen molar-refractivity contribution in [1.29, 1.82) is 0 Å². The van der Waals surface area contributed by atoms with Gasteiger partial charge in [-0.3, -0.25) is 0 Å². The molecule has 0 heterocycles. The summed E-state index contributed by atoms with van der Waals surface area (Å²) >= 11 is 9.44. The molecule has 1 aromatic carbocycles. The summed E-state index contributed by atoms with van der Waals surface area (Å²) in [4.78, 5) is 0. The maximum atomic E-state index is 5.96. The third-order valence-corrected chi connectivity index (χ3v) is 3.25. The van der Waals surface area contributed by atoms with Gasteiger partial charge in [-0.25, -0.2) is 0 Å². The van der Waals surface area contributed by atoms with Gasteiger partial charge in [-0.2, -0.15) is 0 Å². The number of rotatable bonds is 7. The third-order valence-electron chi connectivity index (χ3n) is 2.43. The standard InChI is InChI=1S/C13H18BrClO/c1-2-3-4-8-16-13(10-14)11-6-5-7-12(15)9-11/h5-7,9,13H,2-4,8,10H2,1H3. The van der Waals surface area contributed by atoms with Crippen molar-refractivity contribution in [3.8, 4) is 0 Å². The highest BCUT2D eigenvalue weighted by molar-refractivity contribution is 9.09. The van der Waals surface area contributed by atoms with Crippen LogP contribution in [-0.2, 0) is 4.74 Å². The predicted molar refractivity (Wildman–Crippen MR) is 73.5 cm³/mol. The molecule has 0 fully saturated rings. The number of ether oxygens (including phenoxy) is 1. The first kappa shape index (κ1) is 14.0. The van der Waals surface area contributed by atoms with Crippen LogP contribution in [0.2, 0.25) is 5.02 Å². The number of hydrogen-bond donors (Lipinski definition) is 0. The third kappa shape index (κ3) is 4.86. The van der Waals surface area contributed by atoms with Crippen molar-refractivity contribution in [1.82, 2.24) is 0 Å². The fraction of sp³-hybridized carbons (Fsp3) is 0.538. The van der Waals surface area contributed by atoms with Crippen LogP contribution in [0.3, 0.4) is 0 Å². The summed E-state index contributed by atoms with van der Waals surface area (Å²) < 4.78 is 5.83. The molecule has 0 bridgehead atoms. The smallest absolute Gasteiger partial charge is 0.0922 e. The summed E-state index contributed by atoms with van der Waals surface area (Å²) in [6.45, 7) is 3.01. The summed E-state index contributed by atoms with van der Waals surface area (Å²) in [6.07, 6.45) is 3.68. The van der Waals surface area contributed by atoms with Gasteiger partial charge in [-0.15, -0.1) is 0 Å². The van der Waals surface area contributed by atoms with Crippen LogP contribution in [0.25, 0.3) is 0 Å². The molecule has 3 heteroatoms. The van der Waals surface area contributed by atoms with Gasteiger partial charge < -0.3 is 4.74 Å². The molecule has 0 aliphatic heterocycles. The molecule has 0 saturated carbocycles. The van der Waals surface area contributed by atoms with Crippen LogP contribution in [-0.4, -0.2) is 11.9 Å². The van der Waals surface area contributed by atoms with Gasteiger partial charge in [0.05, 0.1) is 6.10 Å². The first-order valence-corrected chi connectivity index (χ1v) is 7.21. The lowest BCUT2D eigenvalue weighted by Gasteiger charge is -2.16. The van der Waals surface area contributed by atoms with Gasteiger partial charge in [0.15, 0.2) is 0 Å². The minimum Gasteiger partial charge on any atom is -0.373 e. The van der Waals surface area contributed by atoms with Crippen LogP contribution in [0.5, 0.6) is 0 Å². The summed E-state index contributed by atoms with van der Waals surface area (Å²) in [5.41, 5.74) is 1.14. The Morgan fingerprint density at radius 1 is 1.38 bits per heavy atom. The Bertz CT molecular complexity index is 304. The maximum absolute atomic E-state index is 5.96. The predicted octanol–water partition coefficient (Wildman–Crippen LogP) is 4.98. The van der Waals surface area contributed by atoms with Gasteiger partial charge in [-0.1, -0.05) is 59.4 Å². The lowest BCUT2D eigenvalue weighted by molar-refractivity contribution is 0.0670. The summed E-state index contributed by atoms with van der Waals surface area (Å²) in [5, 5.41) is 1.57. The maximum Gasteiger partial charge on any atom is 0.0922 e. The van der Waals surface area contributed by atoms with Crippen molar-refractivity contribution in [2.24, 2.45) is 0 Å². The number of halogens is 2. The molecule has 0 aromatic heterocycles. The zero-order chi connectivity index (χ0) is 11.8. The van der Waals surface area contributed by atoms with Gasteiger partial charge in [0.25, 0.3) is 0 Å². The Balaban J connectivity index is 2.47. The van der Waals surface area contributed by atoms with Crippen molar-refractivity contribution in [3.63, 3.8) is 0 Å². The lowest BCUT2D eigenvalue weighted by Crippen LogP contribution is -2.07. The van der Waals surface area contributed by atoms with Crippen LogP contribution in [0, 0.1) is 0 Å². The average molecular weight is 306 g/mol. The number of hydrogen-bond acceptors (Lipinski definition) is 1. The molecule has 1 atom stereocenters. The van der Waals surface area contributed by atoms with Crippen molar-refractivity contribution in [2.75, 3.05) is 11.9 Å². The van der Waals surface area contributed by atoms with E-state index in [1.54, 1.807) is 0 Å². The fourth-order valence-electron chi connectivity index (χ4n) is 1.51. The monoisotopic (exact) mass is 304 g/mol.